The van der Waals surface area contributed by atoms with Crippen LogP contribution in [0.25, 0.3) is 28.9 Å². The third-order valence-electron chi connectivity index (χ3n) is 4.23. The van der Waals surface area contributed by atoms with Crippen molar-refractivity contribution in [1.82, 2.24) is 20.3 Å². The number of aromatic amines is 1. The first-order valence-corrected chi connectivity index (χ1v) is 7.92. The van der Waals surface area contributed by atoms with E-state index >= 15 is 0 Å². The lowest BCUT2D eigenvalue weighted by molar-refractivity contribution is 0.0946. The van der Waals surface area contributed by atoms with Crippen LogP contribution >= 0.6 is 0 Å². The zero-order chi connectivity index (χ0) is 17.4. The zero-order valence-corrected chi connectivity index (χ0v) is 13.3. The second-order valence-corrected chi connectivity index (χ2v) is 5.76. The van der Waals surface area contributed by atoms with Gasteiger partial charge in [0, 0.05) is 30.4 Å². The van der Waals surface area contributed by atoms with Gasteiger partial charge in [-0.25, -0.2) is 14.4 Å². The lowest BCUT2D eigenvalue weighted by Crippen LogP contribution is -2.31. The number of hydrogen-bond acceptors (Lipinski definition) is 3. The minimum absolute atomic E-state index is 0.0947. The number of benzene rings is 1. The van der Waals surface area contributed by atoms with E-state index in [0.29, 0.717) is 34.6 Å². The molecule has 1 aliphatic heterocycles. The predicted molar refractivity (Wildman–Crippen MR) is 93.3 cm³/mol. The molecule has 1 amide bonds. The van der Waals surface area contributed by atoms with Crippen LogP contribution < -0.4 is 5.32 Å². The van der Waals surface area contributed by atoms with Gasteiger partial charge in [-0.3, -0.25) is 4.79 Å². The van der Waals surface area contributed by atoms with E-state index in [1.165, 1.54) is 6.08 Å². The maximum Gasteiger partial charge on any atom is 0.253 e. The van der Waals surface area contributed by atoms with Crippen molar-refractivity contribution in [2.24, 2.45) is 0 Å². The molecule has 4 rings (SSSR count). The highest BCUT2D eigenvalue weighted by atomic mass is 19.1. The molecule has 2 N–H and O–H groups in total. The molecule has 3 heterocycles. The van der Waals surface area contributed by atoms with Crippen molar-refractivity contribution in [3.63, 3.8) is 0 Å². The summed E-state index contributed by atoms with van der Waals surface area (Å²) in [5.41, 5.74) is 3.55. The maximum atomic E-state index is 14.5. The molecule has 0 fully saturated rings. The van der Waals surface area contributed by atoms with Gasteiger partial charge in [0.2, 0.25) is 0 Å². The van der Waals surface area contributed by atoms with E-state index in [2.05, 4.69) is 26.8 Å². The van der Waals surface area contributed by atoms with E-state index < -0.39 is 5.82 Å². The van der Waals surface area contributed by atoms with Gasteiger partial charge < -0.3 is 10.3 Å². The van der Waals surface area contributed by atoms with E-state index in [1.54, 1.807) is 36.5 Å². The largest absolute Gasteiger partial charge is 0.356 e. The number of H-pyrrole nitrogens is 1. The van der Waals surface area contributed by atoms with Crippen molar-refractivity contribution in [2.75, 3.05) is 6.54 Å². The van der Waals surface area contributed by atoms with Crippen LogP contribution in [0.1, 0.15) is 21.6 Å². The Labute approximate surface area is 143 Å². The zero-order valence-electron chi connectivity index (χ0n) is 13.3. The van der Waals surface area contributed by atoms with Crippen molar-refractivity contribution in [3.8, 4) is 22.8 Å². The molecular formula is C19H15FN4O. The molecule has 0 radical (unpaired) electrons. The average Bonchev–Trinajstić information content (AvgIpc) is 3.08. The number of carbonyl (C=O) groups is 1. The molecule has 0 aliphatic carbocycles. The number of amides is 1. The second-order valence-electron chi connectivity index (χ2n) is 5.76. The normalized spacial score (nSPS) is 13.2. The lowest BCUT2D eigenvalue weighted by Gasteiger charge is -2.10. The Kier molecular flexibility index (Phi) is 3.65. The van der Waals surface area contributed by atoms with Gasteiger partial charge in [0.15, 0.2) is 5.82 Å². The maximum absolute atomic E-state index is 14.5. The Morgan fingerprint density at radius 3 is 2.92 bits per heavy atom. The smallest absolute Gasteiger partial charge is 0.253 e. The fourth-order valence-electron chi connectivity index (χ4n) is 2.95. The highest BCUT2D eigenvalue weighted by Crippen LogP contribution is 2.26. The first kappa shape index (κ1) is 15.3. The van der Waals surface area contributed by atoms with Gasteiger partial charge in [0.25, 0.3) is 5.91 Å². The van der Waals surface area contributed by atoms with Crippen LogP contribution in [-0.4, -0.2) is 27.4 Å². The highest BCUT2D eigenvalue weighted by molar-refractivity contribution is 5.97. The molecular weight excluding hydrogens is 319 g/mol. The van der Waals surface area contributed by atoms with Gasteiger partial charge in [-0.1, -0.05) is 24.8 Å². The summed E-state index contributed by atoms with van der Waals surface area (Å²) in [7, 11) is 0. The monoisotopic (exact) mass is 334 g/mol. The molecule has 0 saturated heterocycles. The number of halogens is 1. The predicted octanol–water partition coefficient (Wildman–Crippen LogP) is 3.21. The molecule has 3 aromatic rings. The minimum Gasteiger partial charge on any atom is -0.356 e. The van der Waals surface area contributed by atoms with Crippen LogP contribution in [-0.2, 0) is 6.42 Å². The van der Waals surface area contributed by atoms with Gasteiger partial charge in [-0.05, 0) is 18.2 Å². The minimum atomic E-state index is -0.403. The third-order valence-corrected chi connectivity index (χ3v) is 4.23. The molecule has 6 heteroatoms. The van der Waals surface area contributed by atoms with Crippen LogP contribution in [0.3, 0.4) is 0 Å². The summed E-state index contributed by atoms with van der Waals surface area (Å²) in [4.78, 5) is 23.8. The van der Waals surface area contributed by atoms with Gasteiger partial charge in [0.05, 0.1) is 22.5 Å². The van der Waals surface area contributed by atoms with Gasteiger partial charge in [0.1, 0.15) is 5.82 Å². The van der Waals surface area contributed by atoms with Crippen LogP contribution in [0.2, 0.25) is 0 Å². The molecule has 25 heavy (non-hydrogen) atoms. The lowest BCUT2D eigenvalue weighted by atomic mass is 10.1. The van der Waals surface area contributed by atoms with Crippen molar-refractivity contribution in [2.45, 2.75) is 6.42 Å². The van der Waals surface area contributed by atoms with Gasteiger partial charge in [-0.15, -0.1) is 0 Å². The SMILES string of the molecule is C=Cc1cccc(-c2nccc(-c3cc4c([nH]3)CCNC4=O)n2)c1F. The van der Waals surface area contributed by atoms with E-state index in [9.17, 15) is 9.18 Å². The van der Waals surface area contributed by atoms with Crippen molar-refractivity contribution in [3.05, 3.63) is 65.7 Å². The highest BCUT2D eigenvalue weighted by Gasteiger charge is 2.20. The average molecular weight is 334 g/mol. The Hall–Kier alpha value is -3.28. The van der Waals surface area contributed by atoms with E-state index in [0.717, 1.165) is 12.1 Å². The Morgan fingerprint density at radius 1 is 1.24 bits per heavy atom. The Morgan fingerprint density at radius 2 is 2.12 bits per heavy atom. The van der Waals surface area contributed by atoms with Crippen LogP contribution in [0.5, 0.6) is 0 Å². The van der Waals surface area contributed by atoms with Crippen molar-refractivity contribution in [1.29, 1.82) is 0 Å². The topological polar surface area (TPSA) is 70.7 Å². The van der Waals surface area contributed by atoms with Crippen molar-refractivity contribution >= 4 is 12.0 Å². The molecule has 2 aromatic heterocycles. The van der Waals surface area contributed by atoms with Gasteiger partial charge >= 0.3 is 0 Å². The number of nitrogens with zero attached hydrogens (tertiary/aromatic N) is 2. The molecule has 124 valence electrons. The van der Waals surface area contributed by atoms with E-state index in [4.69, 9.17) is 0 Å². The summed E-state index contributed by atoms with van der Waals surface area (Å²) >= 11 is 0. The molecule has 0 atom stereocenters. The van der Waals surface area contributed by atoms with Crippen LogP contribution in [0.15, 0.2) is 43.1 Å². The van der Waals surface area contributed by atoms with Crippen LogP contribution in [0, 0.1) is 5.82 Å². The third kappa shape index (κ3) is 2.61. The van der Waals surface area contributed by atoms with Crippen molar-refractivity contribution < 1.29 is 9.18 Å². The fraction of sp³-hybridized carbons (Fsp3) is 0.105. The molecule has 0 unspecified atom stereocenters. The molecule has 5 nitrogen and oxygen atoms in total. The summed E-state index contributed by atoms with van der Waals surface area (Å²) in [5, 5.41) is 2.81. The first-order chi connectivity index (χ1) is 12.2. The molecule has 0 spiro atoms. The number of rotatable bonds is 3. The summed E-state index contributed by atoms with van der Waals surface area (Å²) in [6.07, 6.45) is 3.78. The molecule has 1 aromatic carbocycles. The quantitative estimate of drug-likeness (QED) is 0.773. The number of aromatic nitrogens is 3. The Balaban J connectivity index is 1.78. The Bertz CT molecular complexity index is 993. The summed E-state index contributed by atoms with van der Waals surface area (Å²) in [5.74, 6) is -0.210. The number of hydrogen-bond donors (Lipinski definition) is 2. The standard InChI is InChI=1S/C19H15FN4O/c1-2-11-4-3-5-12(17(11)20)18-21-8-7-15(24-18)16-10-13-14(23-16)6-9-22-19(13)25/h2-5,7-8,10,23H,1,6,9H2,(H,22,25). The number of nitrogens with one attached hydrogen (secondary N) is 2. The first-order valence-electron chi connectivity index (χ1n) is 7.92. The van der Waals surface area contributed by atoms with E-state index in [-0.39, 0.29) is 11.7 Å². The summed E-state index contributed by atoms with van der Waals surface area (Å²) < 4.78 is 14.5. The molecule has 0 saturated carbocycles. The summed E-state index contributed by atoms with van der Waals surface area (Å²) in [6.45, 7) is 4.22. The second kappa shape index (κ2) is 5.98. The van der Waals surface area contributed by atoms with Gasteiger partial charge in [-0.2, -0.15) is 0 Å². The fourth-order valence-corrected chi connectivity index (χ4v) is 2.95. The molecule has 1 aliphatic rings. The van der Waals surface area contributed by atoms with E-state index in [1.807, 2.05) is 0 Å². The number of carbonyl (C=O) groups excluding carboxylic acids is 1. The summed E-state index contributed by atoms with van der Waals surface area (Å²) in [6, 6.07) is 8.52. The van der Waals surface area contributed by atoms with Crippen LogP contribution in [0.4, 0.5) is 4.39 Å². The molecule has 0 bridgehead atoms. The number of fused-ring (bicyclic) bond motifs is 1.